The number of nitrogens with zero attached hydrogens (tertiary/aromatic N) is 2. The summed E-state index contributed by atoms with van der Waals surface area (Å²) < 4.78 is 0. The molecule has 2 N–H and O–H groups in total. The van der Waals surface area contributed by atoms with Crippen molar-refractivity contribution >= 4 is 28.6 Å². The van der Waals surface area contributed by atoms with E-state index in [0.717, 1.165) is 11.3 Å². The van der Waals surface area contributed by atoms with Crippen LogP contribution in [0.5, 0.6) is 0 Å². The second-order valence-electron chi connectivity index (χ2n) is 5.70. The predicted molar refractivity (Wildman–Crippen MR) is 91.4 cm³/mol. The SMILES string of the molecule is Cc1ccc([C@@H]2C[C@H]2C(=O)NCc2nc(-c3cccs3)n[nH]2)s1. The van der Waals surface area contributed by atoms with Crippen LogP contribution in [0.2, 0.25) is 0 Å². The van der Waals surface area contributed by atoms with Gasteiger partial charge in [-0.2, -0.15) is 5.10 Å². The van der Waals surface area contributed by atoms with E-state index in [9.17, 15) is 4.79 Å². The van der Waals surface area contributed by atoms with E-state index in [4.69, 9.17) is 0 Å². The van der Waals surface area contributed by atoms with Crippen molar-refractivity contribution in [3.63, 3.8) is 0 Å². The Morgan fingerprint density at radius 3 is 3.09 bits per heavy atom. The highest BCUT2D eigenvalue weighted by Gasteiger charge is 2.44. The molecular formula is C16H16N4OS2. The molecule has 0 spiro atoms. The number of nitrogens with one attached hydrogen (secondary N) is 2. The standard InChI is InChI=1S/C16H16N4OS2/c1-9-4-5-12(23-9)10-7-11(10)16(21)17-8-14-18-15(20-19-14)13-3-2-6-22-13/h2-6,10-11H,7-8H2,1H3,(H,17,21)(H,18,19,20)/t10-,11-/m1/s1. The molecule has 0 bridgehead atoms. The first-order valence-electron chi connectivity index (χ1n) is 7.50. The van der Waals surface area contributed by atoms with Gasteiger partial charge in [-0.05, 0) is 36.9 Å². The highest BCUT2D eigenvalue weighted by Crippen LogP contribution is 2.49. The molecule has 0 aromatic carbocycles. The Morgan fingerprint density at radius 2 is 2.35 bits per heavy atom. The lowest BCUT2D eigenvalue weighted by Gasteiger charge is -2.01. The minimum absolute atomic E-state index is 0.104. The second kappa shape index (κ2) is 5.90. The van der Waals surface area contributed by atoms with Gasteiger partial charge in [-0.1, -0.05) is 6.07 Å². The molecule has 0 aliphatic heterocycles. The van der Waals surface area contributed by atoms with Crippen molar-refractivity contribution in [2.24, 2.45) is 5.92 Å². The molecule has 0 radical (unpaired) electrons. The van der Waals surface area contributed by atoms with Gasteiger partial charge >= 0.3 is 0 Å². The third-order valence-corrected chi connectivity index (χ3v) is 5.96. The summed E-state index contributed by atoms with van der Waals surface area (Å²) in [5, 5.41) is 12.0. The first-order chi connectivity index (χ1) is 11.2. The molecule has 4 rings (SSSR count). The number of carbonyl (C=O) groups excluding carboxylic acids is 1. The van der Waals surface area contributed by atoms with E-state index in [2.05, 4.69) is 39.6 Å². The zero-order valence-corrected chi connectivity index (χ0v) is 14.2. The third kappa shape index (κ3) is 3.07. The Balaban J connectivity index is 1.32. The lowest BCUT2D eigenvalue weighted by molar-refractivity contribution is -0.122. The summed E-state index contributed by atoms with van der Waals surface area (Å²) in [5.41, 5.74) is 0. The van der Waals surface area contributed by atoms with E-state index >= 15 is 0 Å². The van der Waals surface area contributed by atoms with Gasteiger partial charge in [0, 0.05) is 21.6 Å². The molecule has 1 aliphatic rings. The summed E-state index contributed by atoms with van der Waals surface area (Å²) in [6.45, 7) is 2.49. The smallest absolute Gasteiger partial charge is 0.224 e. The van der Waals surface area contributed by atoms with Crippen molar-refractivity contribution in [3.05, 3.63) is 45.2 Å². The summed E-state index contributed by atoms with van der Waals surface area (Å²) in [4.78, 5) is 20.3. The van der Waals surface area contributed by atoms with Crippen molar-refractivity contribution in [1.29, 1.82) is 0 Å². The number of carbonyl (C=O) groups is 1. The molecule has 3 aromatic heterocycles. The average molecular weight is 344 g/mol. The van der Waals surface area contributed by atoms with Crippen molar-refractivity contribution in [2.45, 2.75) is 25.8 Å². The summed E-state index contributed by atoms with van der Waals surface area (Å²) >= 11 is 3.39. The van der Waals surface area contributed by atoms with Crippen LogP contribution < -0.4 is 5.32 Å². The molecule has 1 saturated carbocycles. The maximum absolute atomic E-state index is 12.2. The van der Waals surface area contributed by atoms with Gasteiger partial charge in [0.1, 0.15) is 5.82 Å². The molecule has 1 aliphatic carbocycles. The van der Waals surface area contributed by atoms with Gasteiger partial charge in [-0.3, -0.25) is 9.89 Å². The molecule has 0 unspecified atom stereocenters. The average Bonchev–Trinajstić information content (AvgIpc) is 2.95. The van der Waals surface area contributed by atoms with Gasteiger partial charge in [-0.25, -0.2) is 4.98 Å². The van der Waals surface area contributed by atoms with Gasteiger partial charge in [0.2, 0.25) is 5.91 Å². The fourth-order valence-electron chi connectivity index (χ4n) is 2.64. The van der Waals surface area contributed by atoms with Gasteiger partial charge in [0.25, 0.3) is 0 Å². The highest BCUT2D eigenvalue weighted by atomic mass is 32.1. The van der Waals surface area contributed by atoms with E-state index in [1.54, 1.807) is 22.7 Å². The quantitative estimate of drug-likeness (QED) is 0.746. The van der Waals surface area contributed by atoms with E-state index in [1.165, 1.54) is 9.75 Å². The number of H-pyrrole nitrogens is 1. The fraction of sp³-hybridized carbons (Fsp3) is 0.312. The molecule has 1 fully saturated rings. The molecule has 5 nitrogen and oxygen atoms in total. The van der Waals surface area contributed by atoms with Gasteiger partial charge in [0.05, 0.1) is 11.4 Å². The maximum atomic E-state index is 12.2. The van der Waals surface area contributed by atoms with Crippen LogP contribution in [0.4, 0.5) is 0 Å². The Labute approximate surface area is 141 Å². The highest BCUT2D eigenvalue weighted by molar-refractivity contribution is 7.13. The van der Waals surface area contributed by atoms with Crippen molar-refractivity contribution < 1.29 is 4.79 Å². The molecule has 118 valence electrons. The number of aryl methyl sites for hydroxylation is 1. The first-order valence-corrected chi connectivity index (χ1v) is 9.19. The Hall–Kier alpha value is -1.99. The van der Waals surface area contributed by atoms with E-state index in [1.807, 2.05) is 17.5 Å². The van der Waals surface area contributed by atoms with Gasteiger partial charge < -0.3 is 5.32 Å². The van der Waals surface area contributed by atoms with Crippen LogP contribution in [-0.2, 0) is 11.3 Å². The monoisotopic (exact) mass is 344 g/mol. The number of aromatic nitrogens is 3. The molecule has 3 heterocycles. The normalized spacial score (nSPS) is 19.7. The summed E-state index contributed by atoms with van der Waals surface area (Å²) in [6, 6.07) is 8.21. The minimum atomic E-state index is 0.104. The summed E-state index contributed by atoms with van der Waals surface area (Å²) in [5.74, 6) is 1.97. The van der Waals surface area contributed by atoms with Crippen LogP contribution in [-0.4, -0.2) is 21.1 Å². The lowest BCUT2D eigenvalue weighted by Crippen LogP contribution is -2.25. The fourth-order valence-corrected chi connectivity index (χ4v) is 4.36. The van der Waals surface area contributed by atoms with Crippen LogP contribution in [0.25, 0.3) is 10.7 Å². The van der Waals surface area contributed by atoms with Crippen LogP contribution in [0.3, 0.4) is 0 Å². The topological polar surface area (TPSA) is 70.7 Å². The molecule has 0 saturated heterocycles. The van der Waals surface area contributed by atoms with Crippen LogP contribution in [0.1, 0.15) is 27.9 Å². The Bertz CT molecular complexity index is 821. The maximum Gasteiger partial charge on any atom is 0.224 e. The van der Waals surface area contributed by atoms with Crippen LogP contribution in [0, 0.1) is 12.8 Å². The lowest BCUT2D eigenvalue weighted by atomic mass is 10.2. The van der Waals surface area contributed by atoms with Gasteiger partial charge in [0.15, 0.2) is 5.82 Å². The molecule has 2 atom stereocenters. The predicted octanol–water partition coefficient (Wildman–Crippen LogP) is 3.32. The molecule has 1 amide bonds. The number of hydrogen-bond donors (Lipinski definition) is 2. The van der Waals surface area contributed by atoms with E-state index in [-0.39, 0.29) is 11.8 Å². The Morgan fingerprint density at radius 1 is 1.43 bits per heavy atom. The Kier molecular flexibility index (Phi) is 3.74. The second-order valence-corrected chi connectivity index (χ2v) is 7.97. The number of rotatable bonds is 5. The number of aromatic amines is 1. The van der Waals surface area contributed by atoms with Crippen molar-refractivity contribution in [2.75, 3.05) is 0 Å². The van der Waals surface area contributed by atoms with Crippen LogP contribution >= 0.6 is 22.7 Å². The van der Waals surface area contributed by atoms with Crippen LogP contribution in [0.15, 0.2) is 29.6 Å². The summed E-state index contributed by atoms with van der Waals surface area (Å²) in [7, 11) is 0. The molecule has 3 aromatic rings. The largest absolute Gasteiger partial charge is 0.349 e. The van der Waals surface area contributed by atoms with Crippen molar-refractivity contribution in [1.82, 2.24) is 20.5 Å². The minimum Gasteiger partial charge on any atom is -0.349 e. The van der Waals surface area contributed by atoms with Gasteiger partial charge in [-0.15, -0.1) is 22.7 Å². The zero-order chi connectivity index (χ0) is 15.8. The third-order valence-electron chi connectivity index (χ3n) is 3.96. The summed E-state index contributed by atoms with van der Waals surface area (Å²) in [6.07, 6.45) is 0.947. The number of thiophene rings is 2. The zero-order valence-electron chi connectivity index (χ0n) is 12.6. The van der Waals surface area contributed by atoms with E-state index in [0.29, 0.717) is 24.1 Å². The first kappa shape index (κ1) is 14.6. The molecular weight excluding hydrogens is 328 g/mol. The van der Waals surface area contributed by atoms with Crippen molar-refractivity contribution in [3.8, 4) is 10.7 Å². The van der Waals surface area contributed by atoms with E-state index < -0.39 is 0 Å². The number of amides is 1. The molecule has 7 heteroatoms. The number of hydrogen-bond acceptors (Lipinski definition) is 5. The molecule has 23 heavy (non-hydrogen) atoms.